The monoisotopic (exact) mass is 392 g/mol. The molecule has 0 radical (unpaired) electrons. The molecule has 0 aliphatic carbocycles. The third kappa shape index (κ3) is 5.07. The van der Waals surface area contributed by atoms with Crippen molar-refractivity contribution in [2.24, 2.45) is 0 Å². The maximum Gasteiger partial charge on any atom is 0.194 e. The molecule has 0 aliphatic heterocycles. The van der Waals surface area contributed by atoms with Gasteiger partial charge in [-0.15, -0.1) is 0 Å². The molecule has 0 unspecified atom stereocenters. The zero-order chi connectivity index (χ0) is 21.3. The molecule has 0 bridgehead atoms. The van der Waals surface area contributed by atoms with Gasteiger partial charge in [0.1, 0.15) is 13.1 Å². The van der Waals surface area contributed by atoms with Crippen molar-refractivity contribution in [1.82, 2.24) is 0 Å². The predicted molar refractivity (Wildman–Crippen MR) is 120 cm³/mol. The number of hydrogen-bond acceptors (Lipinski definition) is 1. The van der Waals surface area contributed by atoms with Gasteiger partial charge in [-0.05, 0) is 48.2 Å². The zero-order valence-corrected chi connectivity index (χ0v) is 17.3. The molecule has 30 heavy (non-hydrogen) atoms. The molecule has 2 aromatic heterocycles. The van der Waals surface area contributed by atoms with Crippen LogP contribution >= 0.6 is 0 Å². The average molecular weight is 393 g/mol. The predicted octanol–water partition coefficient (Wildman–Crippen LogP) is 5.06. The van der Waals surface area contributed by atoms with Gasteiger partial charge in [0.2, 0.25) is 0 Å². The van der Waals surface area contributed by atoms with Gasteiger partial charge >= 0.3 is 0 Å². The van der Waals surface area contributed by atoms with Crippen LogP contribution in [0.3, 0.4) is 0 Å². The lowest BCUT2D eigenvalue weighted by molar-refractivity contribution is -0.693. The molecule has 0 atom stereocenters. The number of nitrogens with zero attached hydrogens (tertiary/aromatic N) is 4. The topological polar surface area (TPSA) is 35.9 Å². The van der Waals surface area contributed by atoms with Gasteiger partial charge in [-0.3, -0.25) is 0 Å². The maximum atomic E-state index is 9.62. The third-order valence-corrected chi connectivity index (χ3v) is 4.91. The summed E-state index contributed by atoms with van der Waals surface area (Å²) in [6.07, 6.45) is 15.8. The Hall–Kier alpha value is -4.02. The molecule has 3 rings (SSSR count). The summed E-state index contributed by atoms with van der Waals surface area (Å²) in [5, 5.41) is 9.62. The lowest BCUT2D eigenvalue weighted by Crippen LogP contribution is -2.30. The zero-order valence-electron chi connectivity index (χ0n) is 17.3. The third-order valence-electron chi connectivity index (χ3n) is 4.91. The second kappa shape index (κ2) is 9.96. The maximum absolute atomic E-state index is 9.62. The molecule has 4 nitrogen and oxygen atoms in total. The Morgan fingerprint density at radius 1 is 0.833 bits per heavy atom. The number of hydrogen-bond donors (Lipinski definition) is 0. The van der Waals surface area contributed by atoms with E-state index in [-0.39, 0.29) is 0 Å². The van der Waals surface area contributed by atoms with Crippen LogP contribution in [-0.4, -0.2) is 0 Å². The lowest BCUT2D eigenvalue weighted by Gasteiger charge is -2.04. The van der Waals surface area contributed by atoms with E-state index in [9.17, 15) is 5.26 Å². The first kappa shape index (κ1) is 20.7. The summed E-state index contributed by atoms with van der Waals surface area (Å²) < 4.78 is 4.18. The van der Waals surface area contributed by atoms with Crippen LogP contribution in [0.15, 0.2) is 61.2 Å². The van der Waals surface area contributed by atoms with Gasteiger partial charge in [-0.1, -0.05) is 24.3 Å². The van der Waals surface area contributed by atoms with Crippen LogP contribution in [0.1, 0.15) is 41.7 Å². The Bertz CT molecular complexity index is 1060. The van der Waals surface area contributed by atoms with E-state index >= 15 is 0 Å². The van der Waals surface area contributed by atoms with Gasteiger partial charge in [0, 0.05) is 24.3 Å². The second-order valence-electron chi connectivity index (χ2n) is 6.81. The van der Waals surface area contributed by atoms with E-state index in [2.05, 4.69) is 33.9 Å². The van der Waals surface area contributed by atoms with E-state index in [1.165, 1.54) is 0 Å². The minimum atomic E-state index is 0.529. The van der Waals surface area contributed by atoms with Crippen molar-refractivity contribution >= 4 is 30.0 Å². The fourth-order valence-corrected chi connectivity index (χ4v) is 3.04. The number of aromatic nitrogens is 2. The highest BCUT2D eigenvalue weighted by Crippen LogP contribution is 2.27. The van der Waals surface area contributed by atoms with Gasteiger partial charge in [-0.25, -0.2) is 14.0 Å². The van der Waals surface area contributed by atoms with Crippen LogP contribution in [0.25, 0.3) is 29.1 Å². The van der Waals surface area contributed by atoms with Crippen LogP contribution in [-0.2, 0) is 13.1 Å². The normalized spacial score (nSPS) is 10.9. The number of nitriles is 1. The molecule has 0 aliphatic rings. The number of rotatable bonds is 6. The molecule has 4 heteroatoms. The van der Waals surface area contributed by atoms with Crippen molar-refractivity contribution in [1.29, 1.82) is 5.26 Å². The first-order valence-electron chi connectivity index (χ1n) is 9.96. The summed E-state index contributed by atoms with van der Waals surface area (Å²) >= 11 is 0. The smallest absolute Gasteiger partial charge is 0.194 e. The summed E-state index contributed by atoms with van der Waals surface area (Å²) in [5.41, 5.74) is 4.67. The van der Waals surface area contributed by atoms with Crippen LogP contribution in [0.5, 0.6) is 0 Å². The van der Waals surface area contributed by atoms with Gasteiger partial charge in [0.05, 0.1) is 18.2 Å². The Morgan fingerprint density at radius 2 is 1.33 bits per heavy atom. The molecular weight excluding hydrogens is 368 g/mol. The highest BCUT2D eigenvalue weighted by atomic mass is 14.9. The van der Waals surface area contributed by atoms with Crippen molar-refractivity contribution < 1.29 is 9.13 Å². The molecule has 0 N–H and O–H groups in total. The first-order chi connectivity index (χ1) is 14.7. The molecular formula is C26H24N4+2. The van der Waals surface area contributed by atoms with E-state index in [1.807, 2.05) is 73.4 Å². The molecule has 0 amide bonds. The van der Waals surface area contributed by atoms with Crippen molar-refractivity contribution in [2.45, 2.75) is 26.9 Å². The molecule has 0 spiro atoms. The number of pyridine rings is 2. The van der Waals surface area contributed by atoms with E-state index in [1.54, 1.807) is 12.1 Å². The Morgan fingerprint density at radius 3 is 1.77 bits per heavy atom. The standard InChI is InChI=1S/C26H24N4/c1-4-29-14-10-21(11-15-29)6-8-23-19-26(28-3)24(18-25(23)20-27)9-7-22-12-16-30(5-2)17-13-22/h6-19H,4-5H2,1-2H3/q+2/b8-6+,9-7+. The number of aryl methyl sites for hydroxylation is 2. The Kier molecular flexibility index (Phi) is 6.87. The molecule has 1 aromatic carbocycles. The van der Waals surface area contributed by atoms with Crippen molar-refractivity contribution in [3.8, 4) is 6.07 Å². The summed E-state index contributed by atoms with van der Waals surface area (Å²) in [6.45, 7) is 13.6. The fraction of sp³-hybridized carbons (Fsp3) is 0.154. The van der Waals surface area contributed by atoms with E-state index in [0.717, 1.165) is 35.3 Å². The van der Waals surface area contributed by atoms with E-state index < -0.39 is 0 Å². The number of benzene rings is 1. The average Bonchev–Trinajstić information content (AvgIpc) is 2.81. The van der Waals surface area contributed by atoms with Gasteiger partial charge in [0.15, 0.2) is 30.5 Å². The summed E-state index contributed by atoms with van der Waals surface area (Å²) in [4.78, 5) is 3.67. The van der Waals surface area contributed by atoms with Crippen molar-refractivity contribution in [3.05, 3.63) is 100 Å². The quantitative estimate of drug-likeness (QED) is 0.426. The molecule has 3 aromatic rings. The van der Waals surface area contributed by atoms with Crippen LogP contribution in [0.4, 0.5) is 5.69 Å². The summed E-state index contributed by atoms with van der Waals surface area (Å²) in [6, 6.07) is 13.9. The molecule has 0 fully saturated rings. The molecule has 146 valence electrons. The molecule has 0 saturated carbocycles. The van der Waals surface area contributed by atoms with Crippen LogP contribution in [0, 0.1) is 17.9 Å². The Labute approximate surface area is 178 Å². The van der Waals surface area contributed by atoms with E-state index in [4.69, 9.17) is 6.57 Å². The van der Waals surface area contributed by atoms with Gasteiger partial charge in [-0.2, -0.15) is 5.26 Å². The largest absolute Gasteiger partial charge is 0.238 e. The van der Waals surface area contributed by atoms with E-state index in [0.29, 0.717) is 11.3 Å². The molecule has 2 heterocycles. The second-order valence-corrected chi connectivity index (χ2v) is 6.81. The van der Waals surface area contributed by atoms with Crippen molar-refractivity contribution in [3.63, 3.8) is 0 Å². The van der Waals surface area contributed by atoms with Crippen LogP contribution in [0.2, 0.25) is 0 Å². The van der Waals surface area contributed by atoms with Gasteiger partial charge in [0.25, 0.3) is 0 Å². The minimum Gasteiger partial charge on any atom is -0.238 e. The highest BCUT2D eigenvalue weighted by Gasteiger charge is 2.07. The molecule has 0 saturated heterocycles. The van der Waals surface area contributed by atoms with Crippen molar-refractivity contribution in [2.75, 3.05) is 0 Å². The van der Waals surface area contributed by atoms with Crippen LogP contribution < -0.4 is 9.13 Å². The first-order valence-corrected chi connectivity index (χ1v) is 9.96. The fourth-order valence-electron chi connectivity index (χ4n) is 3.04. The summed E-state index contributed by atoms with van der Waals surface area (Å²) in [7, 11) is 0. The minimum absolute atomic E-state index is 0.529. The lowest BCUT2D eigenvalue weighted by atomic mass is 10.0. The summed E-state index contributed by atoms with van der Waals surface area (Å²) in [5.74, 6) is 0. The SMILES string of the molecule is [C-]#[N+]c1cc(/C=C/c2cc[n+](CC)cc2)c(C#N)cc1/C=C/c1cc[n+](CC)cc1. The Balaban J connectivity index is 1.89. The van der Waals surface area contributed by atoms with Gasteiger partial charge < -0.3 is 0 Å². The highest BCUT2D eigenvalue weighted by molar-refractivity contribution is 5.82.